The third-order valence-electron chi connectivity index (χ3n) is 3.76. The average molecular weight is 325 g/mol. The Kier molecular flexibility index (Phi) is 4.38. The van der Waals surface area contributed by atoms with Crippen LogP contribution >= 0.6 is 0 Å². The van der Waals surface area contributed by atoms with Crippen LogP contribution in [0.3, 0.4) is 0 Å². The molecule has 1 atom stereocenters. The number of amides is 1. The molecule has 1 amide bonds. The molecule has 2 fully saturated rings. The molecule has 2 heterocycles. The molecular formula is C10H19N3O5S2. The summed E-state index contributed by atoms with van der Waals surface area (Å²) in [5.41, 5.74) is 0. The third-order valence-corrected chi connectivity index (χ3v) is 7.01. The molecule has 10 heteroatoms. The number of nitrogens with zero attached hydrogens (tertiary/aromatic N) is 2. The Balaban J connectivity index is 2.02. The number of sulfone groups is 1. The van der Waals surface area contributed by atoms with Gasteiger partial charge in [0, 0.05) is 26.2 Å². The molecule has 8 nitrogen and oxygen atoms in total. The van der Waals surface area contributed by atoms with Crippen LogP contribution < -0.4 is 5.14 Å². The summed E-state index contributed by atoms with van der Waals surface area (Å²) in [7, 11) is -7.11. The number of hydrogen-bond donors (Lipinski definition) is 1. The van der Waals surface area contributed by atoms with Gasteiger partial charge in [-0.1, -0.05) is 6.42 Å². The fourth-order valence-corrected chi connectivity index (χ4v) is 5.14. The molecule has 116 valence electrons. The number of hydrogen-bond acceptors (Lipinski definition) is 5. The van der Waals surface area contributed by atoms with Gasteiger partial charge in [0.05, 0.1) is 5.75 Å². The van der Waals surface area contributed by atoms with Crippen LogP contribution in [-0.4, -0.2) is 69.1 Å². The van der Waals surface area contributed by atoms with Crippen molar-refractivity contribution in [3.05, 3.63) is 0 Å². The maximum Gasteiger partial charge on any atom is 0.277 e. The Bertz CT molecular complexity index is 578. The topological polar surface area (TPSA) is 118 Å². The molecule has 0 aliphatic carbocycles. The molecule has 0 aromatic rings. The summed E-state index contributed by atoms with van der Waals surface area (Å²) in [4.78, 5) is 13.7. The van der Waals surface area contributed by atoms with Gasteiger partial charge in [-0.25, -0.2) is 13.6 Å². The van der Waals surface area contributed by atoms with E-state index in [1.165, 1.54) is 4.90 Å². The fraction of sp³-hybridized carbons (Fsp3) is 0.900. The molecule has 0 aromatic carbocycles. The van der Waals surface area contributed by atoms with Gasteiger partial charge >= 0.3 is 0 Å². The van der Waals surface area contributed by atoms with E-state index in [1.54, 1.807) is 0 Å². The fourth-order valence-electron chi connectivity index (χ4n) is 2.60. The summed E-state index contributed by atoms with van der Waals surface area (Å²) >= 11 is 0. The average Bonchev–Trinajstić information content (AvgIpc) is 2.36. The second kappa shape index (κ2) is 5.58. The van der Waals surface area contributed by atoms with Gasteiger partial charge in [0.25, 0.3) is 10.2 Å². The van der Waals surface area contributed by atoms with Gasteiger partial charge in [0.2, 0.25) is 5.91 Å². The van der Waals surface area contributed by atoms with Gasteiger partial charge in [0.15, 0.2) is 9.84 Å². The molecule has 2 aliphatic rings. The van der Waals surface area contributed by atoms with Gasteiger partial charge in [-0.3, -0.25) is 4.79 Å². The van der Waals surface area contributed by atoms with Crippen LogP contribution in [0.25, 0.3) is 0 Å². The molecule has 0 spiro atoms. The zero-order valence-corrected chi connectivity index (χ0v) is 12.7. The van der Waals surface area contributed by atoms with Crippen molar-refractivity contribution in [3.8, 4) is 0 Å². The van der Waals surface area contributed by atoms with Crippen molar-refractivity contribution in [2.24, 2.45) is 5.14 Å². The van der Waals surface area contributed by atoms with E-state index in [0.717, 1.165) is 10.7 Å². The quantitative estimate of drug-likeness (QED) is 0.649. The number of nitrogens with two attached hydrogens (primary N) is 1. The van der Waals surface area contributed by atoms with Gasteiger partial charge in [0.1, 0.15) is 5.25 Å². The third kappa shape index (κ3) is 3.30. The molecule has 20 heavy (non-hydrogen) atoms. The molecular weight excluding hydrogens is 306 g/mol. The maximum absolute atomic E-state index is 12.3. The zero-order valence-electron chi connectivity index (χ0n) is 11.1. The van der Waals surface area contributed by atoms with E-state index in [2.05, 4.69) is 0 Å². The zero-order chi connectivity index (χ0) is 15.0. The Morgan fingerprint density at radius 1 is 1.10 bits per heavy atom. The highest BCUT2D eigenvalue weighted by Gasteiger charge is 2.38. The predicted molar refractivity (Wildman–Crippen MR) is 72.7 cm³/mol. The summed E-state index contributed by atoms with van der Waals surface area (Å²) in [6, 6.07) is 0. The van der Waals surface area contributed by atoms with Gasteiger partial charge < -0.3 is 4.90 Å². The number of piperazine rings is 1. The minimum Gasteiger partial charge on any atom is -0.339 e. The van der Waals surface area contributed by atoms with E-state index in [9.17, 15) is 21.6 Å². The smallest absolute Gasteiger partial charge is 0.277 e. The number of rotatable bonds is 2. The van der Waals surface area contributed by atoms with E-state index >= 15 is 0 Å². The van der Waals surface area contributed by atoms with Crippen molar-refractivity contribution in [1.82, 2.24) is 9.21 Å². The van der Waals surface area contributed by atoms with Crippen LogP contribution in [0.15, 0.2) is 0 Å². The van der Waals surface area contributed by atoms with Crippen LogP contribution in [0.2, 0.25) is 0 Å². The molecule has 2 saturated heterocycles. The lowest BCUT2D eigenvalue weighted by atomic mass is 10.1. The highest BCUT2D eigenvalue weighted by Crippen LogP contribution is 2.22. The molecule has 2 N–H and O–H groups in total. The SMILES string of the molecule is NS(=O)(=O)N1CCN(C(=O)C2CCCCS2(=O)=O)CC1. The summed E-state index contributed by atoms with van der Waals surface area (Å²) in [6.45, 7) is 0.581. The van der Waals surface area contributed by atoms with Crippen LogP contribution in [0.4, 0.5) is 0 Å². The predicted octanol–water partition coefficient (Wildman–Crippen LogP) is -1.70. The maximum atomic E-state index is 12.3. The van der Waals surface area contributed by atoms with E-state index in [-0.39, 0.29) is 31.9 Å². The Hall–Kier alpha value is -0.710. The van der Waals surface area contributed by atoms with Crippen molar-refractivity contribution in [2.45, 2.75) is 24.5 Å². The number of carbonyl (C=O) groups is 1. The lowest BCUT2D eigenvalue weighted by molar-refractivity contribution is -0.132. The molecule has 0 bridgehead atoms. The molecule has 0 aromatic heterocycles. The number of carbonyl (C=O) groups excluding carboxylic acids is 1. The first kappa shape index (κ1) is 15.7. The Morgan fingerprint density at radius 3 is 2.20 bits per heavy atom. The van der Waals surface area contributed by atoms with Crippen molar-refractivity contribution in [3.63, 3.8) is 0 Å². The molecule has 0 radical (unpaired) electrons. The second-order valence-corrected chi connectivity index (χ2v) is 8.97. The highest BCUT2D eigenvalue weighted by atomic mass is 32.2. The lowest BCUT2D eigenvalue weighted by Gasteiger charge is -2.35. The van der Waals surface area contributed by atoms with Crippen LogP contribution in [0, 0.1) is 0 Å². The summed E-state index contributed by atoms with van der Waals surface area (Å²) in [5, 5.41) is 4.06. The van der Waals surface area contributed by atoms with Crippen molar-refractivity contribution in [1.29, 1.82) is 0 Å². The first-order valence-electron chi connectivity index (χ1n) is 6.50. The molecule has 1 unspecified atom stereocenters. The molecule has 2 aliphatic heterocycles. The van der Waals surface area contributed by atoms with Crippen LogP contribution in [-0.2, 0) is 24.8 Å². The molecule has 0 saturated carbocycles. The van der Waals surface area contributed by atoms with Gasteiger partial charge in [-0.15, -0.1) is 0 Å². The second-order valence-electron chi connectivity index (χ2n) is 5.12. The Labute approximate surface area is 119 Å². The van der Waals surface area contributed by atoms with E-state index in [1.807, 2.05) is 0 Å². The minimum atomic E-state index is -3.75. The van der Waals surface area contributed by atoms with Gasteiger partial charge in [-0.2, -0.15) is 12.7 Å². The van der Waals surface area contributed by atoms with Gasteiger partial charge in [-0.05, 0) is 12.8 Å². The van der Waals surface area contributed by atoms with E-state index < -0.39 is 31.2 Å². The standard InChI is InChI=1S/C10H19N3O5S2/c11-20(17,18)13-6-4-12(5-7-13)10(14)9-3-1-2-8-19(9,15)16/h9H,1-8H2,(H2,11,17,18). The lowest BCUT2D eigenvalue weighted by Crippen LogP contribution is -2.55. The summed E-state index contributed by atoms with van der Waals surface area (Å²) in [6.07, 6.45) is 1.69. The normalized spacial score (nSPS) is 28.2. The van der Waals surface area contributed by atoms with Crippen LogP contribution in [0.1, 0.15) is 19.3 Å². The first-order chi connectivity index (χ1) is 9.22. The van der Waals surface area contributed by atoms with Crippen LogP contribution in [0.5, 0.6) is 0 Å². The Morgan fingerprint density at radius 2 is 1.70 bits per heavy atom. The molecule has 2 rings (SSSR count). The van der Waals surface area contributed by atoms with Crippen molar-refractivity contribution >= 4 is 26.0 Å². The largest absolute Gasteiger partial charge is 0.339 e. The minimum absolute atomic E-state index is 0.0561. The van der Waals surface area contributed by atoms with E-state index in [4.69, 9.17) is 5.14 Å². The van der Waals surface area contributed by atoms with Crippen molar-refractivity contribution in [2.75, 3.05) is 31.9 Å². The summed E-state index contributed by atoms with van der Waals surface area (Å²) in [5.74, 6) is -0.348. The monoisotopic (exact) mass is 325 g/mol. The summed E-state index contributed by atoms with van der Waals surface area (Å²) < 4.78 is 47.3. The van der Waals surface area contributed by atoms with E-state index in [0.29, 0.717) is 12.8 Å². The van der Waals surface area contributed by atoms with Crippen molar-refractivity contribution < 1.29 is 21.6 Å². The first-order valence-corrected chi connectivity index (χ1v) is 9.72. The highest BCUT2D eigenvalue weighted by molar-refractivity contribution is 7.92.